The summed E-state index contributed by atoms with van der Waals surface area (Å²) >= 11 is 9.28. The minimum atomic E-state index is -1.78. The molecule has 1 aromatic rings. The van der Waals surface area contributed by atoms with Gasteiger partial charge in [0.05, 0.1) is 0 Å². The molecule has 19 heavy (non-hydrogen) atoms. The van der Waals surface area contributed by atoms with E-state index in [1.54, 1.807) is 6.07 Å². The molecule has 0 atom stereocenters. The van der Waals surface area contributed by atoms with Crippen molar-refractivity contribution in [3.63, 3.8) is 0 Å². The zero-order chi connectivity index (χ0) is 14.8. The van der Waals surface area contributed by atoms with Gasteiger partial charge in [-0.3, -0.25) is 0 Å². The summed E-state index contributed by atoms with van der Waals surface area (Å²) in [5, 5.41) is 0.611. The highest BCUT2D eigenvalue weighted by atomic mass is 79.9. The number of benzene rings is 1. The lowest BCUT2D eigenvalue weighted by Gasteiger charge is -2.36. The Morgan fingerprint density at radius 2 is 1.89 bits per heavy atom. The molecule has 5 heteroatoms. The Balaban J connectivity index is 2.69. The van der Waals surface area contributed by atoms with Gasteiger partial charge in [-0.15, -0.1) is 0 Å². The Morgan fingerprint density at radius 1 is 1.32 bits per heavy atom. The molecule has 0 amide bonds. The predicted octanol–water partition coefficient (Wildman–Crippen LogP) is 5.81. The Morgan fingerprint density at radius 3 is 2.37 bits per heavy atom. The van der Waals surface area contributed by atoms with E-state index in [2.05, 4.69) is 49.8 Å². The van der Waals surface area contributed by atoms with Gasteiger partial charge >= 0.3 is 0 Å². The average molecular weight is 368 g/mol. The van der Waals surface area contributed by atoms with Gasteiger partial charge in [-0.25, -0.2) is 4.39 Å². The van der Waals surface area contributed by atoms with Crippen molar-refractivity contribution in [1.82, 2.24) is 0 Å². The third-order valence-corrected chi connectivity index (χ3v) is 9.06. The zero-order valence-corrected chi connectivity index (χ0v) is 15.5. The summed E-state index contributed by atoms with van der Waals surface area (Å²) in [4.78, 5) is 0. The summed E-state index contributed by atoms with van der Waals surface area (Å²) in [6.45, 7) is 11.4. The molecule has 0 N–H and O–H groups in total. The van der Waals surface area contributed by atoms with Gasteiger partial charge in [0.1, 0.15) is 5.82 Å². The fourth-order valence-electron chi connectivity index (χ4n) is 1.44. The summed E-state index contributed by atoms with van der Waals surface area (Å²) in [7, 11) is -1.78. The van der Waals surface area contributed by atoms with E-state index >= 15 is 0 Å². The van der Waals surface area contributed by atoms with Crippen molar-refractivity contribution in [3.05, 3.63) is 33.0 Å². The highest BCUT2D eigenvalue weighted by Crippen LogP contribution is 2.36. The van der Waals surface area contributed by atoms with Crippen LogP contribution in [-0.4, -0.2) is 14.9 Å². The fourth-order valence-corrected chi connectivity index (χ4v) is 3.35. The van der Waals surface area contributed by atoms with Gasteiger partial charge in [-0.1, -0.05) is 48.3 Å². The van der Waals surface area contributed by atoms with Crippen LogP contribution in [0.25, 0.3) is 0 Å². The molecule has 0 aliphatic rings. The smallest absolute Gasteiger partial charge is 0.191 e. The maximum atomic E-state index is 13.8. The monoisotopic (exact) mass is 366 g/mol. The Kier molecular flexibility index (Phi) is 5.64. The second kappa shape index (κ2) is 6.25. The van der Waals surface area contributed by atoms with Crippen LogP contribution >= 0.6 is 27.5 Å². The molecule has 1 aromatic carbocycles. The lowest BCUT2D eigenvalue weighted by Crippen LogP contribution is -2.41. The van der Waals surface area contributed by atoms with E-state index in [4.69, 9.17) is 16.0 Å². The first-order chi connectivity index (χ1) is 8.54. The topological polar surface area (TPSA) is 9.23 Å². The van der Waals surface area contributed by atoms with Crippen LogP contribution in [-0.2, 0) is 10.8 Å². The molecule has 0 bridgehead atoms. The summed E-state index contributed by atoms with van der Waals surface area (Å²) in [5.41, 5.74) is 0.531. The van der Waals surface area contributed by atoms with Gasteiger partial charge in [-0.05, 0) is 36.7 Å². The van der Waals surface area contributed by atoms with E-state index in [1.807, 2.05) is 0 Å². The molecular weight excluding hydrogens is 347 g/mol. The number of halogens is 3. The second-order valence-electron chi connectivity index (χ2n) is 6.21. The Bertz CT molecular complexity index is 434. The second-order valence-corrected chi connectivity index (χ2v) is 12.3. The summed E-state index contributed by atoms with van der Waals surface area (Å²) < 4.78 is 20.5. The summed E-state index contributed by atoms with van der Waals surface area (Å²) in [6, 6.07) is 3.15. The molecule has 108 valence electrons. The van der Waals surface area contributed by atoms with Crippen LogP contribution in [0.5, 0.6) is 0 Å². The van der Waals surface area contributed by atoms with Crippen LogP contribution in [0.2, 0.25) is 23.2 Å². The number of hydrogen-bond acceptors (Lipinski definition) is 1. The van der Waals surface area contributed by atoms with Crippen molar-refractivity contribution < 1.29 is 8.82 Å². The van der Waals surface area contributed by atoms with Crippen LogP contribution in [0, 0.1) is 5.82 Å². The molecule has 0 aliphatic carbocycles. The highest BCUT2D eigenvalue weighted by Gasteiger charge is 2.36. The van der Waals surface area contributed by atoms with E-state index < -0.39 is 8.32 Å². The standard InChI is InChI=1S/C14H21BrClFOSi/c1-14(2,3)19(4,5)18-7-6-11-12(16)8-10(15)9-13(11)17/h8-9H,6-7H2,1-5H3. The van der Waals surface area contributed by atoms with Crippen molar-refractivity contribution in [3.8, 4) is 0 Å². The zero-order valence-electron chi connectivity index (χ0n) is 12.1. The van der Waals surface area contributed by atoms with E-state index in [9.17, 15) is 4.39 Å². The normalized spacial score (nSPS) is 12.8. The van der Waals surface area contributed by atoms with Gasteiger partial charge in [0.25, 0.3) is 0 Å². The van der Waals surface area contributed by atoms with Gasteiger partial charge in [0.15, 0.2) is 8.32 Å². The van der Waals surface area contributed by atoms with Crippen molar-refractivity contribution in [2.75, 3.05) is 6.61 Å². The molecule has 1 rings (SSSR count). The van der Waals surface area contributed by atoms with Crippen molar-refractivity contribution in [2.24, 2.45) is 0 Å². The molecule has 0 heterocycles. The average Bonchev–Trinajstić information content (AvgIpc) is 2.20. The van der Waals surface area contributed by atoms with Crippen LogP contribution in [0.4, 0.5) is 4.39 Å². The van der Waals surface area contributed by atoms with Crippen molar-refractivity contribution in [1.29, 1.82) is 0 Å². The SMILES string of the molecule is CC(C)(C)[Si](C)(C)OCCc1c(F)cc(Br)cc1Cl. The number of rotatable bonds is 4. The molecular formula is C14H21BrClFOSi. The summed E-state index contributed by atoms with van der Waals surface area (Å²) in [5.74, 6) is -0.279. The lowest BCUT2D eigenvalue weighted by molar-refractivity contribution is 0.290. The quantitative estimate of drug-likeness (QED) is 0.610. The Labute approximate surface area is 129 Å². The van der Waals surface area contributed by atoms with Gasteiger partial charge in [0, 0.05) is 21.7 Å². The first kappa shape index (κ1) is 17.1. The fraction of sp³-hybridized carbons (Fsp3) is 0.571. The molecule has 0 radical (unpaired) electrons. The third kappa shape index (κ3) is 4.55. The first-order valence-electron chi connectivity index (χ1n) is 6.32. The molecule has 1 nitrogen and oxygen atoms in total. The Hall–Kier alpha value is 0.0969. The van der Waals surface area contributed by atoms with E-state index in [0.717, 1.165) is 0 Å². The molecule has 0 saturated carbocycles. The van der Waals surface area contributed by atoms with Crippen molar-refractivity contribution >= 4 is 35.8 Å². The maximum Gasteiger partial charge on any atom is 0.191 e. The molecule has 0 unspecified atom stereocenters. The van der Waals surface area contributed by atoms with Gasteiger partial charge in [0.2, 0.25) is 0 Å². The van der Waals surface area contributed by atoms with Crippen LogP contribution in [0.1, 0.15) is 26.3 Å². The lowest BCUT2D eigenvalue weighted by atomic mass is 10.1. The van der Waals surface area contributed by atoms with E-state index in [0.29, 0.717) is 28.1 Å². The summed E-state index contributed by atoms with van der Waals surface area (Å²) in [6.07, 6.45) is 0.504. The van der Waals surface area contributed by atoms with Crippen LogP contribution in [0.15, 0.2) is 16.6 Å². The minimum Gasteiger partial charge on any atom is -0.416 e. The molecule has 0 aliphatic heterocycles. The minimum absolute atomic E-state index is 0.162. The maximum absolute atomic E-state index is 13.8. The predicted molar refractivity (Wildman–Crippen MR) is 86.0 cm³/mol. The van der Waals surface area contributed by atoms with Gasteiger partial charge in [-0.2, -0.15) is 0 Å². The van der Waals surface area contributed by atoms with E-state index in [-0.39, 0.29) is 10.9 Å². The number of hydrogen-bond donors (Lipinski definition) is 0. The highest BCUT2D eigenvalue weighted by molar-refractivity contribution is 9.10. The third-order valence-electron chi connectivity index (χ3n) is 3.73. The van der Waals surface area contributed by atoms with Crippen LogP contribution in [0.3, 0.4) is 0 Å². The van der Waals surface area contributed by atoms with Crippen molar-refractivity contribution in [2.45, 2.75) is 45.3 Å². The molecule has 0 saturated heterocycles. The van der Waals surface area contributed by atoms with Crippen LogP contribution < -0.4 is 0 Å². The largest absolute Gasteiger partial charge is 0.416 e. The van der Waals surface area contributed by atoms with E-state index in [1.165, 1.54) is 6.07 Å². The van der Waals surface area contributed by atoms with Gasteiger partial charge < -0.3 is 4.43 Å². The molecule has 0 fully saturated rings. The molecule has 0 spiro atoms. The first-order valence-corrected chi connectivity index (χ1v) is 10.4. The molecule has 0 aromatic heterocycles.